The number of aliphatic hydroxyl groups excluding tert-OH is 1. The van der Waals surface area contributed by atoms with Gasteiger partial charge in [0.2, 0.25) is 0 Å². The van der Waals surface area contributed by atoms with Gasteiger partial charge in [-0.2, -0.15) is 0 Å². The van der Waals surface area contributed by atoms with Gasteiger partial charge in [-0.15, -0.1) is 0 Å². The molecule has 3 atom stereocenters. The van der Waals surface area contributed by atoms with Crippen molar-refractivity contribution >= 4 is 0 Å². The number of hydrogen-bond acceptors (Lipinski definition) is 3. The van der Waals surface area contributed by atoms with Gasteiger partial charge in [0.05, 0.1) is 0 Å². The van der Waals surface area contributed by atoms with Crippen LogP contribution in [0.25, 0.3) is 0 Å². The first-order valence-electron chi connectivity index (χ1n) is 11.8. The Labute approximate surface area is 178 Å². The van der Waals surface area contributed by atoms with Crippen LogP contribution in [0.5, 0.6) is 5.75 Å². The van der Waals surface area contributed by atoms with Crippen LogP contribution in [-0.2, 0) is 11.8 Å². The second-order valence-corrected chi connectivity index (χ2v) is 11.0. The molecule has 2 N–H and O–H groups in total. The lowest BCUT2D eigenvalue weighted by atomic mass is 9.50. The predicted molar refractivity (Wildman–Crippen MR) is 122 cm³/mol. The quantitative estimate of drug-likeness (QED) is 0.627. The molecular weight excluding hydrogens is 358 g/mol. The summed E-state index contributed by atoms with van der Waals surface area (Å²) in [7, 11) is 0. The van der Waals surface area contributed by atoms with E-state index in [1.807, 2.05) is 0 Å². The Kier molecular flexibility index (Phi) is 6.70. The topological polar surface area (TPSA) is 41.5 Å². The molecule has 1 aromatic rings. The molecule has 0 spiro atoms. The lowest BCUT2D eigenvalue weighted by Crippen LogP contribution is -2.48. The predicted octanol–water partition coefficient (Wildman–Crippen LogP) is 5.58. The molecule has 2 aliphatic carbocycles. The van der Waals surface area contributed by atoms with Gasteiger partial charge in [-0.25, -0.2) is 0 Å². The van der Waals surface area contributed by atoms with Gasteiger partial charge in [-0.3, -0.25) is 0 Å². The van der Waals surface area contributed by atoms with E-state index in [1.54, 1.807) is 5.56 Å². The average molecular weight is 402 g/mol. The lowest BCUT2D eigenvalue weighted by molar-refractivity contribution is 0.0403. The van der Waals surface area contributed by atoms with E-state index in [2.05, 4.69) is 65.9 Å². The molecule has 164 valence electrons. The molecule has 0 amide bonds. The van der Waals surface area contributed by atoms with Gasteiger partial charge in [0.1, 0.15) is 18.5 Å². The Morgan fingerprint density at radius 1 is 1.14 bits per heavy atom. The van der Waals surface area contributed by atoms with Gasteiger partial charge in [0.25, 0.3) is 0 Å². The van der Waals surface area contributed by atoms with Crippen molar-refractivity contribution in [1.29, 1.82) is 0 Å². The molecule has 0 aliphatic heterocycles. The number of benzene rings is 1. The standard InChI is InChI=1S/C26H43NO2/c1-17(2)24-20-9-12-23-25(5,6)13-8-14-26(23,7)21(20)10-11-22(24)29-16-19(28)15-27-18(3)4/h10-11,17-19,23,27-28H,8-9,12-16H2,1-7H3/t19?,23?,26-/m1/s1. The third-order valence-electron chi connectivity index (χ3n) is 7.62. The van der Waals surface area contributed by atoms with E-state index in [9.17, 15) is 5.11 Å². The zero-order chi connectivity index (χ0) is 21.4. The molecule has 3 nitrogen and oxygen atoms in total. The Morgan fingerprint density at radius 3 is 2.52 bits per heavy atom. The van der Waals surface area contributed by atoms with E-state index in [0.29, 0.717) is 30.5 Å². The van der Waals surface area contributed by atoms with Crippen LogP contribution in [0, 0.1) is 11.3 Å². The highest BCUT2D eigenvalue weighted by molar-refractivity contribution is 5.51. The van der Waals surface area contributed by atoms with Crippen LogP contribution in [0.2, 0.25) is 0 Å². The molecule has 0 radical (unpaired) electrons. The Balaban J connectivity index is 1.88. The molecule has 2 aliphatic rings. The first-order valence-corrected chi connectivity index (χ1v) is 11.8. The van der Waals surface area contributed by atoms with Crippen LogP contribution in [0.15, 0.2) is 12.1 Å². The summed E-state index contributed by atoms with van der Waals surface area (Å²) in [5.74, 6) is 2.15. The van der Waals surface area contributed by atoms with Crippen LogP contribution in [0.4, 0.5) is 0 Å². The van der Waals surface area contributed by atoms with Crippen molar-refractivity contribution in [2.45, 2.75) is 104 Å². The van der Waals surface area contributed by atoms with E-state index in [1.165, 1.54) is 36.8 Å². The summed E-state index contributed by atoms with van der Waals surface area (Å²) in [4.78, 5) is 0. The van der Waals surface area contributed by atoms with E-state index < -0.39 is 6.10 Å². The fourth-order valence-electron chi connectivity index (χ4n) is 6.27. The van der Waals surface area contributed by atoms with Crippen LogP contribution in [0.3, 0.4) is 0 Å². The van der Waals surface area contributed by atoms with Crippen LogP contribution in [-0.4, -0.2) is 30.4 Å². The number of fused-ring (bicyclic) bond motifs is 3. The Hall–Kier alpha value is -1.06. The van der Waals surface area contributed by atoms with E-state index in [-0.39, 0.29) is 5.41 Å². The van der Waals surface area contributed by atoms with Gasteiger partial charge in [-0.05, 0) is 65.5 Å². The summed E-state index contributed by atoms with van der Waals surface area (Å²) in [6, 6.07) is 4.91. The third kappa shape index (κ3) is 4.51. The molecule has 0 saturated heterocycles. The summed E-state index contributed by atoms with van der Waals surface area (Å²) in [5, 5.41) is 13.6. The maximum absolute atomic E-state index is 10.3. The molecule has 1 fully saturated rings. The smallest absolute Gasteiger partial charge is 0.123 e. The number of nitrogens with one attached hydrogen (secondary N) is 1. The third-order valence-corrected chi connectivity index (χ3v) is 7.62. The number of ether oxygens (including phenoxy) is 1. The summed E-state index contributed by atoms with van der Waals surface area (Å²) in [6.45, 7) is 17.1. The highest BCUT2D eigenvalue weighted by Crippen LogP contribution is 2.58. The molecule has 3 heteroatoms. The van der Waals surface area contributed by atoms with Crippen LogP contribution < -0.4 is 10.1 Å². The molecule has 29 heavy (non-hydrogen) atoms. The molecule has 0 aromatic heterocycles. The number of aliphatic hydroxyl groups is 1. The minimum Gasteiger partial charge on any atom is -0.491 e. The van der Waals surface area contributed by atoms with Crippen molar-refractivity contribution in [3.63, 3.8) is 0 Å². The summed E-state index contributed by atoms with van der Waals surface area (Å²) in [5.41, 5.74) is 5.17. The first kappa shape index (κ1) is 22.6. The van der Waals surface area contributed by atoms with E-state index in [4.69, 9.17) is 4.74 Å². The second kappa shape index (κ2) is 8.59. The normalized spacial score (nSPS) is 26.9. The van der Waals surface area contributed by atoms with Crippen molar-refractivity contribution in [2.75, 3.05) is 13.2 Å². The largest absolute Gasteiger partial charge is 0.491 e. The Bertz CT molecular complexity index is 709. The summed E-state index contributed by atoms with van der Waals surface area (Å²) >= 11 is 0. The highest BCUT2D eigenvalue weighted by Gasteiger charge is 2.50. The molecule has 1 saturated carbocycles. The summed E-state index contributed by atoms with van der Waals surface area (Å²) in [6.07, 6.45) is 5.91. The molecule has 3 rings (SSSR count). The van der Waals surface area contributed by atoms with E-state index in [0.717, 1.165) is 18.1 Å². The van der Waals surface area contributed by atoms with Crippen molar-refractivity contribution in [1.82, 2.24) is 5.32 Å². The van der Waals surface area contributed by atoms with Gasteiger partial charge in [-0.1, -0.05) is 61.0 Å². The fraction of sp³-hybridized carbons (Fsp3) is 0.769. The van der Waals surface area contributed by atoms with Gasteiger partial charge >= 0.3 is 0 Å². The summed E-state index contributed by atoms with van der Waals surface area (Å²) < 4.78 is 6.18. The van der Waals surface area contributed by atoms with Gasteiger partial charge in [0.15, 0.2) is 0 Å². The number of rotatable bonds is 7. The Morgan fingerprint density at radius 2 is 1.86 bits per heavy atom. The van der Waals surface area contributed by atoms with Crippen LogP contribution in [0.1, 0.15) is 96.8 Å². The zero-order valence-corrected chi connectivity index (χ0v) is 19.8. The van der Waals surface area contributed by atoms with Crippen LogP contribution >= 0.6 is 0 Å². The van der Waals surface area contributed by atoms with E-state index >= 15 is 0 Å². The fourth-order valence-corrected chi connectivity index (χ4v) is 6.27. The minimum absolute atomic E-state index is 0.276. The minimum atomic E-state index is -0.491. The SMILES string of the molecule is CC(C)NCC(O)COc1ccc2c(c1C(C)C)CCC1C(C)(C)CCC[C@]21C. The maximum atomic E-state index is 10.3. The second-order valence-electron chi connectivity index (χ2n) is 11.0. The van der Waals surface area contributed by atoms with Crippen molar-refractivity contribution < 1.29 is 9.84 Å². The zero-order valence-electron chi connectivity index (χ0n) is 19.8. The molecule has 0 bridgehead atoms. The highest BCUT2D eigenvalue weighted by atomic mass is 16.5. The first-order chi connectivity index (χ1) is 13.6. The maximum Gasteiger partial charge on any atom is 0.123 e. The van der Waals surface area contributed by atoms with Crippen molar-refractivity contribution in [3.05, 3.63) is 28.8 Å². The number of hydrogen-bond donors (Lipinski definition) is 2. The average Bonchev–Trinajstić information content (AvgIpc) is 2.63. The lowest BCUT2D eigenvalue weighted by Gasteiger charge is -2.54. The molecular formula is C26H43NO2. The monoisotopic (exact) mass is 401 g/mol. The van der Waals surface area contributed by atoms with Crippen molar-refractivity contribution in [2.24, 2.45) is 11.3 Å². The molecule has 0 heterocycles. The van der Waals surface area contributed by atoms with Gasteiger partial charge in [0, 0.05) is 18.2 Å². The van der Waals surface area contributed by atoms with Gasteiger partial charge < -0.3 is 15.2 Å². The van der Waals surface area contributed by atoms with Crippen molar-refractivity contribution in [3.8, 4) is 5.75 Å². The molecule has 2 unspecified atom stereocenters. The molecule has 1 aromatic carbocycles.